The first-order chi connectivity index (χ1) is 9.78. The van der Waals surface area contributed by atoms with Crippen molar-refractivity contribution < 1.29 is 14.2 Å². The maximum absolute atomic E-state index is 5.80. The molecule has 0 fully saturated rings. The second-order valence-corrected chi connectivity index (χ2v) is 4.62. The van der Waals surface area contributed by atoms with Crippen molar-refractivity contribution in [2.45, 2.75) is 6.42 Å². The Labute approximate surface area is 124 Å². The van der Waals surface area contributed by atoms with Gasteiger partial charge in [-0.05, 0) is 36.4 Å². The first kappa shape index (κ1) is 14.5. The lowest BCUT2D eigenvalue weighted by atomic mass is 10.3. The summed E-state index contributed by atoms with van der Waals surface area (Å²) >= 11 is 5.80. The maximum atomic E-state index is 5.80. The standard InChI is InChI=1S/C16H17ClO3/c1-18-15-4-2-5-16(12-15)20-11-3-10-19-14-8-6-13(17)7-9-14/h2,4-9,12H,3,10-11H2,1H3. The Morgan fingerprint density at radius 3 is 2.20 bits per heavy atom. The second-order valence-electron chi connectivity index (χ2n) is 4.18. The highest BCUT2D eigenvalue weighted by Gasteiger charge is 1.98. The van der Waals surface area contributed by atoms with Crippen molar-refractivity contribution in [3.05, 3.63) is 53.6 Å². The number of benzene rings is 2. The Morgan fingerprint density at radius 2 is 1.50 bits per heavy atom. The molecule has 0 N–H and O–H groups in total. The van der Waals surface area contributed by atoms with Gasteiger partial charge in [0.1, 0.15) is 17.2 Å². The van der Waals surface area contributed by atoms with Gasteiger partial charge < -0.3 is 14.2 Å². The summed E-state index contributed by atoms with van der Waals surface area (Å²) in [5.41, 5.74) is 0. The molecule has 2 aromatic rings. The molecule has 0 heterocycles. The highest BCUT2D eigenvalue weighted by atomic mass is 35.5. The van der Waals surface area contributed by atoms with Gasteiger partial charge in [0.05, 0.1) is 20.3 Å². The molecule has 20 heavy (non-hydrogen) atoms. The molecule has 0 radical (unpaired) electrons. The van der Waals surface area contributed by atoms with E-state index in [1.807, 2.05) is 48.5 Å². The summed E-state index contributed by atoms with van der Waals surface area (Å²) in [5, 5.41) is 0.707. The molecule has 4 heteroatoms. The second kappa shape index (κ2) is 7.65. The lowest BCUT2D eigenvalue weighted by Gasteiger charge is -2.09. The van der Waals surface area contributed by atoms with Gasteiger partial charge in [-0.25, -0.2) is 0 Å². The molecule has 106 valence electrons. The highest BCUT2D eigenvalue weighted by Crippen LogP contribution is 2.19. The van der Waals surface area contributed by atoms with Gasteiger partial charge in [-0.3, -0.25) is 0 Å². The third-order valence-electron chi connectivity index (χ3n) is 2.68. The molecule has 0 amide bonds. The average Bonchev–Trinajstić information content (AvgIpc) is 2.49. The highest BCUT2D eigenvalue weighted by molar-refractivity contribution is 6.30. The first-order valence-corrected chi connectivity index (χ1v) is 6.81. The van der Waals surface area contributed by atoms with Crippen molar-refractivity contribution >= 4 is 11.6 Å². The minimum atomic E-state index is 0.598. The Hall–Kier alpha value is -1.87. The number of methoxy groups -OCH3 is 1. The van der Waals surface area contributed by atoms with Crippen LogP contribution in [0.3, 0.4) is 0 Å². The Morgan fingerprint density at radius 1 is 0.850 bits per heavy atom. The summed E-state index contributed by atoms with van der Waals surface area (Å²) in [7, 11) is 1.64. The minimum absolute atomic E-state index is 0.598. The van der Waals surface area contributed by atoms with Crippen LogP contribution in [0.15, 0.2) is 48.5 Å². The van der Waals surface area contributed by atoms with Gasteiger partial charge in [-0.2, -0.15) is 0 Å². The summed E-state index contributed by atoms with van der Waals surface area (Å²) in [6, 6.07) is 14.9. The van der Waals surface area contributed by atoms with Crippen molar-refractivity contribution in [1.82, 2.24) is 0 Å². The Bertz CT molecular complexity index is 526. The zero-order valence-corrected chi connectivity index (χ0v) is 12.1. The monoisotopic (exact) mass is 292 g/mol. The van der Waals surface area contributed by atoms with E-state index in [0.717, 1.165) is 23.7 Å². The van der Waals surface area contributed by atoms with E-state index < -0.39 is 0 Å². The third kappa shape index (κ3) is 4.67. The van der Waals surface area contributed by atoms with Gasteiger partial charge in [0, 0.05) is 17.5 Å². The lowest BCUT2D eigenvalue weighted by molar-refractivity contribution is 0.247. The molecule has 2 aromatic carbocycles. The van der Waals surface area contributed by atoms with E-state index in [1.54, 1.807) is 7.11 Å². The molecular formula is C16H17ClO3. The number of hydrogen-bond acceptors (Lipinski definition) is 3. The van der Waals surface area contributed by atoms with E-state index in [-0.39, 0.29) is 0 Å². The summed E-state index contributed by atoms with van der Waals surface area (Å²) in [4.78, 5) is 0. The van der Waals surface area contributed by atoms with Gasteiger partial charge in [-0.15, -0.1) is 0 Å². The fourth-order valence-electron chi connectivity index (χ4n) is 1.66. The molecule has 0 saturated carbocycles. The molecule has 0 saturated heterocycles. The van der Waals surface area contributed by atoms with Crippen molar-refractivity contribution in [1.29, 1.82) is 0 Å². The van der Waals surface area contributed by atoms with Crippen molar-refractivity contribution in [3.63, 3.8) is 0 Å². The predicted octanol–water partition coefficient (Wildman–Crippen LogP) is 4.20. The quantitative estimate of drug-likeness (QED) is 0.716. The van der Waals surface area contributed by atoms with E-state index in [2.05, 4.69) is 0 Å². The largest absolute Gasteiger partial charge is 0.497 e. The van der Waals surface area contributed by atoms with Crippen LogP contribution in [-0.2, 0) is 0 Å². The Balaban J connectivity index is 1.67. The molecule has 0 spiro atoms. The topological polar surface area (TPSA) is 27.7 Å². The molecule has 0 aliphatic carbocycles. The van der Waals surface area contributed by atoms with Crippen LogP contribution in [0.2, 0.25) is 5.02 Å². The molecule has 0 unspecified atom stereocenters. The van der Waals surface area contributed by atoms with E-state index in [0.29, 0.717) is 18.2 Å². The zero-order chi connectivity index (χ0) is 14.2. The van der Waals surface area contributed by atoms with Crippen LogP contribution >= 0.6 is 11.6 Å². The van der Waals surface area contributed by atoms with Gasteiger partial charge in [0.2, 0.25) is 0 Å². The van der Waals surface area contributed by atoms with Crippen LogP contribution in [-0.4, -0.2) is 20.3 Å². The normalized spacial score (nSPS) is 10.1. The number of halogens is 1. The molecule has 0 bridgehead atoms. The molecule has 2 rings (SSSR count). The number of ether oxygens (including phenoxy) is 3. The molecule has 0 atom stereocenters. The van der Waals surface area contributed by atoms with Gasteiger partial charge in [0.15, 0.2) is 0 Å². The molecule has 0 aliphatic heterocycles. The van der Waals surface area contributed by atoms with Gasteiger partial charge in [-0.1, -0.05) is 17.7 Å². The molecule has 0 aliphatic rings. The van der Waals surface area contributed by atoms with E-state index in [4.69, 9.17) is 25.8 Å². The number of rotatable bonds is 7. The minimum Gasteiger partial charge on any atom is -0.497 e. The Kier molecular flexibility index (Phi) is 5.56. The zero-order valence-electron chi connectivity index (χ0n) is 11.3. The average molecular weight is 293 g/mol. The fraction of sp³-hybridized carbons (Fsp3) is 0.250. The summed E-state index contributed by atoms with van der Waals surface area (Å²) in [6.45, 7) is 1.20. The summed E-state index contributed by atoms with van der Waals surface area (Å²) < 4.78 is 16.3. The van der Waals surface area contributed by atoms with Crippen LogP contribution in [0, 0.1) is 0 Å². The van der Waals surface area contributed by atoms with Gasteiger partial charge >= 0.3 is 0 Å². The van der Waals surface area contributed by atoms with Crippen molar-refractivity contribution in [2.24, 2.45) is 0 Å². The van der Waals surface area contributed by atoms with E-state index in [9.17, 15) is 0 Å². The SMILES string of the molecule is COc1cccc(OCCCOc2ccc(Cl)cc2)c1. The first-order valence-electron chi connectivity index (χ1n) is 6.43. The maximum Gasteiger partial charge on any atom is 0.122 e. The molecular weight excluding hydrogens is 276 g/mol. The summed E-state index contributed by atoms with van der Waals surface area (Å²) in [6.07, 6.45) is 0.805. The van der Waals surface area contributed by atoms with Crippen LogP contribution in [0.25, 0.3) is 0 Å². The lowest BCUT2D eigenvalue weighted by Crippen LogP contribution is -2.05. The molecule has 3 nitrogen and oxygen atoms in total. The fourth-order valence-corrected chi connectivity index (χ4v) is 1.79. The summed E-state index contributed by atoms with van der Waals surface area (Å²) in [5.74, 6) is 2.41. The van der Waals surface area contributed by atoms with Gasteiger partial charge in [0.25, 0.3) is 0 Å². The van der Waals surface area contributed by atoms with Crippen LogP contribution in [0.1, 0.15) is 6.42 Å². The van der Waals surface area contributed by atoms with Crippen molar-refractivity contribution in [2.75, 3.05) is 20.3 Å². The smallest absolute Gasteiger partial charge is 0.122 e. The van der Waals surface area contributed by atoms with Crippen molar-refractivity contribution in [3.8, 4) is 17.2 Å². The van der Waals surface area contributed by atoms with Crippen LogP contribution in [0.4, 0.5) is 0 Å². The van der Waals surface area contributed by atoms with E-state index in [1.165, 1.54) is 0 Å². The third-order valence-corrected chi connectivity index (χ3v) is 2.93. The number of hydrogen-bond donors (Lipinski definition) is 0. The molecule has 0 aromatic heterocycles. The van der Waals surface area contributed by atoms with Crippen LogP contribution in [0.5, 0.6) is 17.2 Å². The van der Waals surface area contributed by atoms with Crippen LogP contribution < -0.4 is 14.2 Å². The predicted molar refractivity (Wildman–Crippen MR) is 80.1 cm³/mol. The van der Waals surface area contributed by atoms with E-state index >= 15 is 0 Å².